The van der Waals surface area contributed by atoms with Crippen molar-refractivity contribution in [1.29, 1.82) is 0 Å². The van der Waals surface area contributed by atoms with Crippen LogP contribution in [0.15, 0.2) is 0 Å². The molecule has 0 atom stereocenters. The van der Waals surface area contributed by atoms with Crippen molar-refractivity contribution in [3.8, 4) is 0 Å². The van der Waals surface area contributed by atoms with Gasteiger partial charge in [0, 0.05) is 6.04 Å². The molecule has 0 fully saturated rings. The normalized spacial score (nSPS) is 11.4. The van der Waals surface area contributed by atoms with Crippen LogP contribution >= 0.6 is 0 Å². The highest BCUT2D eigenvalue weighted by Crippen LogP contribution is 2.12. The Kier molecular flexibility index (Phi) is 17.0. The second-order valence-corrected chi connectivity index (χ2v) is 6.71. The molecule has 20 heavy (non-hydrogen) atoms. The molecular formula is C19H41N. The van der Waals surface area contributed by atoms with Gasteiger partial charge in [0.1, 0.15) is 0 Å². The van der Waals surface area contributed by atoms with E-state index in [9.17, 15) is 0 Å². The largest absolute Gasteiger partial charge is 0.315 e. The van der Waals surface area contributed by atoms with Gasteiger partial charge in [0.25, 0.3) is 0 Å². The van der Waals surface area contributed by atoms with Crippen LogP contribution in [0.4, 0.5) is 0 Å². The van der Waals surface area contributed by atoms with Crippen LogP contribution in [0, 0.1) is 0 Å². The predicted octanol–water partition coefficient (Wildman–Crippen LogP) is 6.47. The van der Waals surface area contributed by atoms with Gasteiger partial charge >= 0.3 is 0 Å². The first kappa shape index (κ1) is 20.0. The molecule has 0 aliphatic carbocycles. The van der Waals surface area contributed by atoms with Crippen LogP contribution in [0.3, 0.4) is 0 Å². The van der Waals surface area contributed by atoms with Crippen molar-refractivity contribution < 1.29 is 0 Å². The van der Waals surface area contributed by atoms with Crippen molar-refractivity contribution in [3.05, 3.63) is 0 Å². The molecule has 0 aromatic heterocycles. The molecule has 0 unspecified atom stereocenters. The number of unbranched alkanes of at least 4 members (excludes halogenated alkanes) is 13. The Morgan fingerprint density at radius 3 is 1.25 bits per heavy atom. The van der Waals surface area contributed by atoms with Gasteiger partial charge in [-0.2, -0.15) is 0 Å². The molecule has 1 nitrogen and oxygen atoms in total. The molecule has 0 saturated heterocycles. The quantitative estimate of drug-likeness (QED) is 0.320. The van der Waals surface area contributed by atoms with Gasteiger partial charge in [0.15, 0.2) is 0 Å². The van der Waals surface area contributed by atoms with E-state index in [-0.39, 0.29) is 0 Å². The molecule has 0 heterocycles. The zero-order chi connectivity index (χ0) is 14.9. The third-order valence-electron chi connectivity index (χ3n) is 4.08. The Hall–Kier alpha value is -0.0400. The van der Waals surface area contributed by atoms with Gasteiger partial charge in [-0.1, -0.05) is 104 Å². The van der Waals surface area contributed by atoms with E-state index < -0.39 is 0 Å². The molecule has 0 bridgehead atoms. The summed E-state index contributed by atoms with van der Waals surface area (Å²) in [6.07, 6.45) is 20.2. The van der Waals surface area contributed by atoms with Crippen molar-refractivity contribution in [3.63, 3.8) is 0 Å². The van der Waals surface area contributed by atoms with E-state index in [1.54, 1.807) is 0 Å². The fourth-order valence-electron chi connectivity index (χ4n) is 2.71. The zero-order valence-corrected chi connectivity index (χ0v) is 14.7. The fourth-order valence-corrected chi connectivity index (χ4v) is 2.71. The summed E-state index contributed by atoms with van der Waals surface area (Å²) >= 11 is 0. The molecule has 0 rings (SSSR count). The van der Waals surface area contributed by atoms with Crippen molar-refractivity contribution in [2.24, 2.45) is 0 Å². The molecule has 0 spiro atoms. The minimum Gasteiger partial charge on any atom is -0.315 e. The average molecular weight is 284 g/mol. The Labute approximate surface area is 129 Å². The maximum atomic E-state index is 3.49. The second-order valence-electron chi connectivity index (χ2n) is 6.71. The lowest BCUT2D eigenvalue weighted by Crippen LogP contribution is -2.23. The molecule has 0 radical (unpaired) electrons. The summed E-state index contributed by atoms with van der Waals surface area (Å²) < 4.78 is 0. The maximum Gasteiger partial charge on any atom is 0.00103 e. The first-order valence-corrected chi connectivity index (χ1v) is 9.50. The Morgan fingerprint density at radius 2 is 0.900 bits per heavy atom. The lowest BCUT2D eigenvalue weighted by atomic mass is 10.0. The van der Waals surface area contributed by atoms with Gasteiger partial charge in [0.05, 0.1) is 0 Å². The van der Waals surface area contributed by atoms with Gasteiger partial charge in [-0.15, -0.1) is 0 Å². The minimum atomic E-state index is 0.650. The summed E-state index contributed by atoms with van der Waals surface area (Å²) in [5.74, 6) is 0. The zero-order valence-electron chi connectivity index (χ0n) is 14.7. The van der Waals surface area contributed by atoms with Crippen molar-refractivity contribution >= 4 is 0 Å². The van der Waals surface area contributed by atoms with E-state index in [4.69, 9.17) is 0 Å². The van der Waals surface area contributed by atoms with E-state index >= 15 is 0 Å². The fraction of sp³-hybridized carbons (Fsp3) is 1.00. The molecule has 122 valence electrons. The standard InChI is InChI=1S/C19H41N/c1-4-5-6-7-8-9-10-11-12-13-14-15-16-17-18-20-19(2)3/h19-20H,4-18H2,1-3H3. The molecule has 0 aromatic carbocycles. The van der Waals surface area contributed by atoms with Crippen LogP contribution in [-0.4, -0.2) is 12.6 Å². The van der Waals surface area contributed by atoms with E-state index in [0.29, 0.717) is 6.04 Å². The molecule has 0 aliphatic heterocycles. The van der Waals surface area contributed by atoms with Crippen LogP contribution in [0.1, 0.15) is 111 Å². The highest BCUT2D eigenvalue weighted by Gasteiger charge is 1.95. The van der Waals surface area contributed by atoms with E-state index in [1.807, 2.05) is 0 Å². The van der Waals surface area contributed by atoms with Gasteiger partial charge < -0.3 is 5.32 Å². The summed E-state index contributed by atoms with van der Waals surface area (Å²) in [6, 6.07) is 0.650. The van der Waals surface area contributed by atoms with Gasteiger partial charge in [-0.25, -0.2) is 0 Å². The Balaban J connectivity index is 2.92. The second kappa shape index (κ2) is 17.0. The molecule has 0 aromatic rings. The maximum absolute atomic E-state index is 3.49. The molecule has 1 N–H and O–H groups in total. The predicted molar refractivity (Wildman–Crippen MR) is 93.5 cm³/mol. The van der Waals surface area contributed by atoms with Crippen molar-refractivity contribution in [2.45, 2.75) is 117 Å². The van der Waals surface area contributed by atoms with Crippen molar-refractivity contribution in [1.82, 2.24) is 5.32 Å². The Bertz CT molecular complexity index is 165. The number of hydrogen-bond donors (Lipinski definition) is 1. The van der Waals surface area contributed by atoms with Crippen LogP contribution in [0.2, 0.25) is 0 Å². The number of nitrogens with one attached hydrogen (secondary N) is 1. The lowest BCUT2D eigenvalue weighted by molar-refractivity contribution is 0.518. The molecule has 0 aliphatic rings. The average Bonchev–Trinajstić information content (AvgIpc) is 2.43. The summed E-state index contributed by atoms with van der Waals surface area (Å²) in [6.45, 7) is 7.95. The first-order valence-electron chi connectivity index (χ1n) is 9.50. The van der Waals surface area contributed by atoms with Crippen molar-refractivity contribution in [2.75, 3.05) is 6.54 Å². The summed E-state index contributed by atoms with van der Waals surface area (Å²) in [5.41, 5.74) is 0. The van der Waals surface area contributed by atoms with Gasteiger partial charge in [0.2, 0.25) is 0 Å². The van der Waals surface area contributed by atoms with Crippen LogP contribution in [0.25, 0.3) is 0 Å². The molecule has 1 heteroatoms. The lowest BCUT2D eigenvalue weighted by Gasteiger charge is -2.07. The topological polar surface area (TPSA) is 12.0 Å². The van der Waals surface area contributed by atoms with Gasteiger partial charge in [-0.3, -0.25) is 0 Å². The molecule has 0 amide bonds. The first-order chi connectivity index (χ1) is 9.77. The highest BCUT2D eigenvalue weighted by molar-refractivity contribution is 4.53. The third-order valence-corrected chi connectivity index (χ3v) is 4.08. The Morgan fingerprint density at radius 1 is 0.550 bits per heavy atom. The van der Waals surface area contributed by atoms with Crippen LogP contribution in [0.5, 0.6) is 0 Å². The molecule has 0 saturated carbocycles. The van der Waals surface area contributed by atoms with Gasteiger partial charge in [-0.05, 0) is 13.0 Å². The minimum absolute atomic E-state index is 0.650. The highest BCUT2D eigenvalue weighted by atomic mass is 14.9. The van der Waals surface area contributed by atoms with Crippen LogP contribution in [-0.2, 0) is 0 Å². The smallest absolute Gasteiger partial charge is 0.00103 e. The summed E-state index contributed by atoms with van der Waals surface area (Å²) in [5, 5.41) is 3.49. The van der Waals surface area contributed by atoms with E-state index in [1.165, 1.54) is 96.4 Å². The monoisotopic (exact) mass is 283 g/mol. The third kappa shape index (κ3) is 18.0. The number of hydrogen-bond acceptors (Lipinski definition) is 1. The molecular weight excluding hydrogens is 242 g/mol. The number of rotatable bonds is 16. The summed E-state index contributed by atoms with van der Waals surface area (Å²) in [4.78, 5) is 0. The summed E-state index contributed by atoms with van der Waals surface area (Å²) in [7, 11) is 0. The van der Waals surface area contributed by atoms with E-state index in [2.05, 4.69) is 26.1 Å². The SMILES string of the molecule is CCCCCCCCCCCCCCCCNC(C)C. The van der Waals surface area contributed by atoms with E-state index in [0.717, 1.165) is 0 Å². The van der Waals surface area contributed by atoms with Crippen LogP contribution < -0.4 is 5.32 Å².